The number of rotatable bonds is 5. The van der Waals surface area contributed by atoms with Gasteiger partial charge in [0.1, 0.15) is 0 Å². The molecule has 0 fully saturated rings. The number of aryl methyl sites for hydroxylation is 1. The van der Waals surface area contributed by atoms with E-state index in [1.807, 2.05) is 0 Å². The molecule has 0 radical (unpaired) electrons. The molecule has 2 rings (SSSR count). The highest BCUT2D eigenvalue weighted by atomic mass is 35.5. The van der Waals surface area contributed by atoms with Crippen LogP contribution in [0, 0.1) is 0 Å². The quantitative estimate of drug-likeness (QED) is 0.648. The number of halogens is 1. The molecule has 2 aromatic rings. The number of hydrogen-bond acceptors (Lipinski definition) is 5. The van der Waals surface area contributed by atoms with Gasteiger partial charge in [-0.25, -0.2) is 9.78 Å². The Labute approximate surface area is 121 Å². The van der Waals surface area contributed by atoms with Gasteiger partial charge in [-0.3, -0.25) is 13.9 Å². The highest BCUT2D eigenvalue weighted by Crippen LogP contribution is 2.04. The molecular formula is C11H19ClN6O2. The normalized spacial score (nSPS) is 10.8. The zero-order valence-electron chi connectivity index (χ0n) is 11.5. The summed E-state index contributed by atoms with van der Waals surface area (Å²) < 4.78 is 4.22. The summed E-state index contributed by atoms with van der Waals surface area (Å²) >= 11 is 0. The third-order valence-electron chi connectivity index (χ3n) is 3.07. The standard InChI is InChI=1S/C11H18N6O2.ClH/c1-15-9-8(10(18)16(2)11(15)19)17(7-14-9)6-5-13-4-3-12;/h7,13H,3-6,12H2,1-2H3;1H. The molecule has 8 nitrogen and oxygen atoms in total. The molecule has 0 bridgehead atoms. The Morgan fingerprint density at radius 1 is 1.25 bits per heavy atom. The molecule has 112 valence electrons. The molecule has 9 heteroatoms. The van der Waals surface area contributed by atoms with E-state index < -0.39 is 0 Å². The third-order valence-corrected chi connectivity index (χ3v) is 3.07. The average molecular weight is 303 g/mol. The van der Waals surface area contributed by atoms with Gasteiger partial charge in [0.25, 0.3) is 5.56 Å². The van der Waals surface area contributed by atoms with Crippen LogP contribution in [0.2, 0.25) is 0 Å². The molecule has 3 N–H and O–H groups in total. The molecule has 0 aliphatic rings. The first-order valence-corrected chi connectivity index (χ1v) is 6.09. The summed E-state index contributed by atoms with van der Waals surface area (Å²) in [6.07, 6.45) is 1.58. The minimum Gasteiger partial charge on any atom is -0.329 e. The lowest BCUT2D eigenvalue weighted by atomic mass is 10.4. The van der Waals surface area contributed by atoms with Gasteiger partial charge >= 0.3 is 5.69 Å². The maximum atomic E-state index is 12.1. The van der Waals surface area contributed by atoms with E-state index in [1.54, 1.807) is 17.9 Å². The minimum absolute atomic E-state index is 0. The van der Waals surface area contributed by atoms with Crippen LogP contribution in [0.25, 0.3) is 11.2 Å². The molecule has 0 aliphatic heterocycles. The van der Waals surface area contributed by atoms with E-state index in [0.717, 1.165) is 11.1 Å². The van der Waals surface area contributed by atoms with Crippen LogP contribution < -0.4 is 22.3 Å². The predicted octanol–water partition coefficient (Wildman–Crippen LogP) is -1.60. The van der Waals surface area contributed by atoms with Gasteiger partial charge in [0.15, 0.2) is 11.2 Å². The molecule has 0 unspecified atom stereocenters. The van der Waals surface area contributed by atoms with Crippen molar-refractivity contribution >= 4 is 23.6 Å². The van der Waals surface area contributed by atoms with Crippen LogP contribution in [-0.4, -0.2) is 38.3 Å². The number of nitrogens with one attached hydrogen (secondary N) is 1. The van der Waals surface area contributed by atoms with Crippen molar-refractivity contribution in [3.8, 4) is 0 Å². The molecule has 2 aromatic heterocycles. The molecule has 20 heavy (non-hydrogen) atoms. The number of nitrogens with two attached hydrogens (primary N) is 1. The largest absolute Gasteiger partial charge is 0.332 e. The Kier molecular flexibility index (Phi) is 5.49. The maximum absolute atomic E-state index is 12.1. The lowest BCUT2D eigenvalue weighted by molar-refractivity contribution is 0.607. The molecule has 0 spiro atoms. The van der Waals surface area contributed by atoms with Gasteiger partial charge in [-0.1, -0.05) is 0 Å². The molecule has 0 atom stereocenters. The van der Waals surface area contributed by atoms with E-state index in [0.29, 0.717) is 30.8 Å². The van der Waals surface area contributed by atoms with Gasteiger partial charge in [-0.15, -0.1) is 12.4 Å². The summed E-state index contributed by atoms with van der Waals surface area (Å²) in [5.41, 5.74) is 5.54. The number of fused-ring (bicyclic) bond motifs is 1. The van der Waals surface area contributed by atoms with Gasteiger partial charge in [0.05, 0.1) is 6.33 Å². The fourth-order valence-corrected chi connectivity index (χ4v) is 1.99. The van der Waals surface area contributed by atoms with Crippen molar-refractivity contribution in [3.63, 3.8) is 0 Å². The summed E-state index contributed by atoms with van der Waals surface area (Å²) in [5, 5.41) is 3.15. The lowest BCUT2D eigenvalue weighted by Crippen LogP contribution is -2.37. The van der Waals surface area contributed by atoms with Crippen LogP contribution >= 0.6 is 12.4 Å². The summed E-state index contributed by atoms with van der Waals surface area (Å²) in [4.78, 5) is 28.0. The summed E-state index contributed by atoms with van der Waals surface area (Å²) in [5.74, 6) is 0. The summed E-state index contributed by atoms with van der Waals surface area (Å²) in [6.45, 7) is 2.59. The number of imidazole rings is 1. The first-order chi connectivity index (χ1) is 9.07. The monoisotopic (exact) mass is 302 g/mol. The van der Waals surface area contributed by atoms with E-state index in [1.165, 1.54) is 11.6 Å². The zero-order chi connectivity index (χ0) is 14.0. The highest BCUT2D eigenvalue weighted by Gasteiger charge is 2.13. The Balaban J connectivity index is 0.00000200. The van der Waals surface area contributed by atoms with E-state index in [4.69, 9.17) is 5.73 Å². The SMILES string of the molecule is Cl.Cn1c(=O)c2c(ncn2CCNCCN)n(C)c1=O. The van der Waals surface area contributed by atoms with E-state index in [-0.39, 0.29) is 23.7 Å². The molecule has 0 saturated heterocycles. The van der Waals surface area contributed by atoms with Crippen LogP contribution in [0.15, 0.2) is 15.9 Å². The Morgan fingerprint density at radius 2 is 1.95 bits per heavy atom. The van der Waals surface area contributed by atoms with Gasteiger partial charge in [0, 0.05) is 40.3 Å². The predicted molar refractivity (Wildman–Crippen MR) is 79.4 cm³/mol. The Morgan fingerprint density at radius 3 is 2.60 bits per heavy atom. The number of aromatic nitrogens is 4. The van der Waals surface area contributed by atoms with Crippen LogP contribution in [0.4, 0.5) is 0 Å². The van der Waals surface area contributed by atoms with Crippen molar-refractivity contribution in [1.82, 2.24) is 24.0 Å². The van der Waals surface area contributed by atoms with E-state index in [2.05, 4.69) is 10.3 Å². The van der Waals surface area contributed by atoms with E-state index in [9.17, 15) is 9.59 Å². The van der Waals surface area contributed by atoms with Gasteiger partial charge in [0.2, 0.25) is 0 Å². The van der Waals surface area contributed by atoms with Gasteiger partial charge in [-0.2, -0.15) is 0 Å². The van der Waals surface area contributed by atoms with Crippen LogP contribution in [0.1, 0.15) is 0 Å². The fourth-order valence-electron chi connectivity index (χ4n) is 1.99. The van der Waals surface area contributed by atoms with Crippen LogP contribution in [0.5, 0.6) is 0 Å². The van der Waals surface area contributed by atoms with Crippen molar-refractivity contribution < 1.29 is 0 Å². The number of nitrogens with zero attached hydrogens (tertiary/aromatic N) is 4. The second-order valence-electron chi connectivity index (χ2n) is 4.35. The van der Waals surface area contributed by atoms with E-state index >= 15 is 0 Å². The Bertz CT molecular complexity index is 701. The topological polar surface area (TPSA) is 99.9 Å². The van der Waals surface area contributed by atoms with Crippen LogP contribution in [0.3, 0.4) is 0 Å². The maximum Gasteiger partial charge on any atom is 0.332 e. The van der Waals surface area contributed by atoms with Crippen molar-refractivity contribution in [2.24, 2.45) is 19.8 Å². The smallest absolute Gasteiger partial charge is 0.329 e. The van der Waals surface area contributed by atoms with Gasteiger partial charge in [-0.05, 0) is 0 Å². The third kappa shape index (κ3) is 2.77. The second kappa shape index (κ2) is 6.69. The molecule has 0 saturated carbocycles. The van der Waals surface area contributed by atoms with Gasteiger partial charge < -0.3 is 15.6 Å². The molecule has 0 amide bonds. The first kappa shape index (κ1) is 16.4. The first-order valence-electron chi connectivity index (χ1n) is 6.09. The molecule has 2 heterocycles. The van der Waals surface area contributed by atoms with Crippen molar-refractivity contribution in [2.75, 3.05) is 19.6 Å². The highest BCUT2D eigenvalue weighted by molar-refractivity contribution is 5.85. The second-order valence-corrected chi connectivity index (χ2v) is 4.35. The summed E-state index contributed by atoms with van der Waals surface area (Å²) in [6, 6.07) is 0. The van der Waals surface area contributed by atoms with Crippen molar-refractivity contribution in [3.05, 3.63) is 27.2 Å². The minimum atomic E-state index is -0.371. The number of hydrogen-bond donors (Lipinski definition) is 2. The average Bonchev–Trinajstić information content (AvgIpc) is 2.83. The molecule has 0 aromatic carbocycles. The Hall–Kier alpha value is -1.64. The fraction of sp³-hybridized carbons (Fsp3) is 0.545. The molecular weight excluding hydrogens is 284 g/mol. The lowest BCUT2D eigenvalue weighted by Gasteiger charge is -2.07. The summed E-state index contributed by atoms with van der Waals surface area (Å²) in [7, 11) is 3.07. The van der Waals surface area contributed by atoms with Crippen molar-refractivity contribution in [1.29, 1.82) is 0 Å². The zero-order valence-corrected chi connectivity index (χ0v) is 12.3. The molecule has 0 aliphatic carbocycles. The van der Waals surface area contributed by atoms with Crippen molar-refractivity contribution in [2.45, 2.75) is 6.54 Å². The van der Waals surface area contributed by atoms with Crippen LogP contribution in [-0.2, 0) is 20.6 Å².